The molecule has 0 radical (unpaired) electrons. The first-order chi connectivity index (χ1) is 8.97. The summed E-state index contributed by atoms with van der Waals surface area (Å²) >= 11 is 0. The first-order valence-electron chi connectivity index (χ1n) is 6.60. The molecule has 2 heterocycles. The summed E-state index contributed by atoms with van der Waals surface area (Å²) in [6.07, 6.45) is 1.65. The van der Waals surface area contributed by atoms with Crippen molar-refractivity contribution in [3.63, 3.8) is 0 Å². The van der Waals surface area contributed by atoms with E-state index in [4.69, 9.17) is 9.84 Å². The van der Waals surface area contributed by atoms with Gasteiger partial charge in [-0.25, -0.2) is 4.79 Å². The van der Waals surface area contributed by atoms with E-state index in [1.165, 1.54) is 0 Å². The maximum absolute atomic E-state index is 11.0. The van der Waals surface area contributed by atoms with Crippen molar-refractivity contribution < 1.29 is 14.6 Å². The molecular weight excluding hydrogens is 246 g/mol. The number of aryl methyl sites for hydroxylation is 1. The molecule has 1 aliphatic rings. The fourth-order valence-electron chi connectivity index (χ4n) is 2.35. The van der Waals surface area contributed by atoms with E-state index in [9.17, 15) is 4.79 Å². The number of ether oxygens (including phenoxy) is 1. The zero-order chi connectivity index (χ0) is 14.0. The number of carboxylic acid groups (broad SMARTS) is 1. The van der Waals surface area contributed by atoms with Crippen LogP contribution in [0.4, 0.5) is 0 Å². The Bertz CT molecular complexity index is 456. The van der Waals surface area contributed by atoms with E-state index in [2.05, 4.69) is 23.8 Å². The Morgan fingerprint density at radius 1 is 1.63 bits per heavy atom. The van der Waals surface area contributed by atoms with E-state index in [0.29, 0.717) is 18.3 Å². The van der Waals surface area contributed by atoms with Crippen molar-refractivity contribution in [1.29, 1.82) is 0 Å². The van der Waals surface area contributed by atoms with Crippen LogP contribution in [0.5, 0.6) is 0 Å². The van der Waals surface area contributed by atoms with Crippen LogP contribution in [0.2, 0.25) is 0 Å². The van der Waals surface area contributed by atoms with Gasteiger partial charge in [0.1, 0.15) is 5.56 Å². The van der Waals surface area contributed by atoms with Gasteiger partial charge in [0, 0.05) is 25.3 Å². The molecule has 2 rings (SSSR count). The minimum Gasteiger partial charge on any atom is -0.478 e. The number of carbonyl (C=O) groups is 1. The number of nitrogens with zero attached hydrogens (tertiary/aromatic N) is 3. The number of hydrogen-bond donors (Lipinski definition) is 1. The smallest absolute Gasteiger partial charge is 0.339 e. The van der Waals surface area contributed by atoms with E-state index in [0.717, 1.165) is 19.7 Å². The molecule has 0 aromatic carbocycles. The fourth-order valence-corrected chi connectivity index (χ4v) is 2.35. The van der Waals surface area contributed by atoms with Gasteiger partial charge in [0.05, 0.1) is 24.9 Å². The van der Waals surface area contributed by atoms with Gasteiger partial charge < -0.3 is 9.84 Å². The summed E-state index contributed by atoms with van der Waals surface area (Å²) in [5.74, 6) is -0.933. The lowest BCUT2D eigenvalue weighted by Gasteiger charge is -2.35. The van der Waals surface area contributed by atoms with Gasteiger partial charge in [0.25, 0.3) is 0 Å². The second-order valence-electron chi connectivity index (χ2n) is 5.24. The molecule has 1 saturated heterocycles. The summed E-state index contributed by atoms with van der Waals surface area (Å²) in [7, 11) is 0. The molecule has 1 aromatic heterocycles. The highest BCUT2D eigenvalue weighted by atomic mass is 16.5. The standard InChI is InChI=1S/C13H21N3O3/c1-9(2)15-4-5-19-11(6-15)7-16-8-12(13(17)18)10(3)14-16/h8-9,11H,4-7H2,1-3H3,(H,17,18). The molecule has 106 valence electrons. The maximum Gasteiger partial charge on any atom is 0.339 e. The van der Waals surface area contributed by atoms with Crippen LogP contribution in [-0.4, -0.2) is 57.6 Å². The summed E-state index contributed by atoms with van der Waals surface area (Å²) in [4.78, 5) is 13.3. The van der Waals surface area contributed by atoms with Gasteiger partial charge in [-0.1, -0.05) is 0 Å². The molecule has 0 bridgehead atoms. The van der Waals surface area contributed by atoms with Crippen LogP contribution >= 0.6 is 0 Å². The summed E-state index contributed by atoms with van der Waals surface area (Å²) in [6.45, 7) is 9.17. The molecule has 1 aliphatic heterocycles. The SMILES string of the molecule is Cc1nn(CC2CN(C(C)C)CCO2)cc1C(=O)O. The molecule has 1 N–H and O–H groups in total. The Labute approximate surface area is 113 Å². The lowest BCUT2D eigenvalue weighted by molar-refractivity contribution is -0.0470. The number of aromatic carboxylic acids is 1. The van der Waals surface area contributed by atoms with Gasteiger partial charge >= 0.3 is 5.97 Å². The largest absolute Gasteiger partial charge is 0.478 e. The molecule has 1 fully saturated rings. The third-order valence-electron chi connectivity index (χ3n) is 3.47. The normalized spacial score (nSPS) is 20.9. The highest BCUT2D eigenvalue weighted by Gasteiger charge is 2.23. The maximum atomic E-state index is 11.0. The van der Waals surface area contributed by atoms with E-state index in [1.54, 1.807) is 17.8 Å². The minimum atomic E-state index is -0.933. The molecule has 0 aliphatic carbocycles. The summed E-state index contributed by atoms with van der Waals surface area (Å²) in [6, 6.07) is 0.500. The van der Waals surface area contributed by atoms with Crippen LogP contribution < -0.4 is 0 Å². The molecule has 0 spiro atoms. The number of rotatable bonds is 4. The van der Waals surface area contributed by atoms with Crippen LogP contribution in [0.25, 0.3) is 0 Å². The van der Waals surface area contributed by atoms with Crippen molar-refractivity contribution in [2.45, 2.75) is 39.5 Å². The predicted molar refractivity (Wildman–Crippen MR) is 70.4 cm³/mol. The van der Waals surface area contributed by atoms with Crippen molar-refractivity contribution in [1.82, 2.24) is 14.7 Å². The van der Waals surface area contributed by atoms with Crippen LogP contribution in [0.1, 0.15) is 29.9 Å². The van der Waals surface area contributed by atoms with Crippen LogP contribution in [0.15, 0.2) is 6.20 Å². The molecule has 0 amide bonds. The van der Waals surface area contributed by atoms with Gasteiger partial charge in [-0.05, 0) is 20.8 Å². The Balaban J connectivity index is 2.01. The molecular formula is C13H21N3O3. The predicted octanol–water partition coefficient (Wildman–Crippen LogP) is 0.999. The minimum absolute atomic E-state index is 0.0668. The quantitative estimate of drug-likeness (QED) is 0.881. The summed E-state index contributed by atoms with van der Waals surface area (Å²) in [5, 5.41) is 13.2. The number of aromatic nitrogens is 2. The van der Waals surface area contributed by atoms with E-state index in [-0.39, 0.29) is 11.7 Å². The van der Waals surface area contributed by atoms with Crippen molar-refractivity contribution in [2.75, 3.05) is 19.7 Å². The van der Waals surface area contributed by atoms with Crippen molar-refractivity contribution in [3.05, 3.63) is 17.5 Å². The third kappa shape index (κ3) is 3.33. The van der Waals surface area contributed by atoms with E-state index < -0.39 is 5.97 Å². The molecule has 1 unspecified atom stereocenters. The number of morpholine rings is 1. The van der Waals surface area contributed by atoms with Crippen molar-refractivity contribution in [2.24, 2.45) is 0 Å². The van der Waals surface area contributed by atoms with Crippen molar-refractivity contribution >= 4 is 5.97 Å². The van der Waals surface area contributed by atoms with Crippen LogP contribution in [0.3, 0.4) is 0 Å². The average Bonchev–Trinajstić information content (AvgIpc) is 2.70. The Morgan fingerprint density at radius 3 is 2.95 bits per heavy atom. The Hall–Kier alpha value is -1.40. The molecule has 0 saturated carbocycles. The summed E-state index contributed by atoms with van der Waals surface area (Å²) in [5.41, 5.74) is 0.806. The van der Waals surface area contributed by atoms with E-state index in [1.807, 2.05) is 0 Å². The number of hydrogen-bond acceptors (Lipinski definition) is 4. The second-order valence-corrected chi connectivity index (χ2v) is 5.24. The molecule has 6 nitrogen and oxygen atoms in total. The van der Waals surface area contributed by atoms with Crippen LogP contribution in [0, 0.1) is 6.92 Å². The lowest BCUT2D eigenvalue weighted by Crippen LogP contribution is -2.47. The monoisotopic (exact) mass is 267 g/mol. The van der Waals surface area contributed by atoms with Crippen molar-refractivity contribution in [3.8, 4) is 0 Å². The second kappa shape index (κ2) is 5.71. The lowest BCUT2D eigenvalue weighted by atomic mass is 10.2. The van der Waals surface area contributed by atoms with Gasteiger partial charge in [0.15, 0.2) is 0 Å². The zero-order valence-corrected chi connectivity index (χ0v) is 11.7. The van der Waals surface area contributed by atoms with Crippen LogP contribution in [-0.2, 0) is 11.3 Å². The van der Waals surface area contributed by atoms with Gasteiger partial charge in [-0.2, -0.15) is 5.10 Å². The Morgan fingerprint density at radius 2 is 2.37 bits per heavy atom. The summed E-state index contributed by atoms with van der Waals surface area (Å²) < 4.78 is 7.40. The number of carboxylic acids is 1. The third-order valence-corrected chi connectivity index (χ3v) is 3.47. The first-order valence-corrected chi connectivity index (χ1v) is 6.60. The average molecular weight is 267 g/mol. The molecule has 1 aromatic rings. The molecule has 6 heteroatoms. The Kier molecular flexibility index (Phi) is 4.21. The molecule has 19 heavy (non-hydrogen) atoms. The highest BCUT2D eigenvalue weighted by molar-refractivity contribution is 5.88. The zero-order valence-electron chi connectivity index (χ0n) is 11.7. The fraction of sp³-hybridized carbons (Fsp3) is 0.692. The first kappa shape index (κ1) is 14.0. The van der Waals surface area contributed by atoms with Gasteiger partial charge in [-0.15, -0.1) is 0 Å². The molecule has 1 atom stereocenters. The topological polar surface area (TPSA) is 67.6 Å². The van der Waals surface area contributed by atoms with Gasteiger partial charge in [-0.3, -0.25) is 9.58 Å². The van der Waals surface area contributed by atoms with E-state index >= 15 is 0 Å². The van der Waals surface area contributed by atoms with Gasteiger partial charge in [0.2, 0.25) is 0 Å². The highest BCUT2D eigenvalue weighted by Crippen LogP contribution is 2.12.